The first-order chi connectivity index (χ1) is 19.0. The third kappa shape index (κ3) is 7.16. The number of ether oxygens (including phenoxy) is 2. The van der Waals surface area contributed by atoms with E-state index in [9.17, 15) is 0 Å². The first-order valence-corrected chi connectivity index (χ1v) is 19.8. The number of hydrogen-bond donors (Lipinski definition) is 1. The summed E-state index contributed by atoms with van der Waals surface area (Å²) >= 11 is 0. The van der Waals surface area contributed by atoms with Crippen molar-refractivity contribution in [3.63, 3.8) is 0 Å². The number of hydrogen-bond acceptors (Lipinski definition) is 10. The minimum atomic E-state index is -2.19. The number of nitrogens with two attached hydrogens (primary N) is 1. The predicted molar refractivity (Wildman–Crippen MR) is 162 cm³/mol. The van der Waals surface area contributed by atoms with Gasteiger partial charge in [0, 0.05) is 6.42 Å². The van der Waals surface area contributed by atoms with Crippen LogP contribution in [-0.4, -0.2) is 55.0 Å². The van der Waals surface area contributed by atoms with Crippen LogP contribution in [0.2, 0.25) is 36.3 Å². The first-order valence-electron chi connectivity index (χ1n) is 14.0. The van der Waals surface area contributed by atoms with E-state index in [1.165, 1.54) is 0 Å². The van der Waals surface area contributed by atoms with Crippen LogP contribution in [0.15, 0.2) is 36.7 Å². The fourth-order valence-electron chi connectivity index (χ4n) is 3.59. The van der Waals surface area contributed by atoms with Gasteiger partial charge in [0.2, 0.25) is 22.6 Å². The normalized spacial score (nSPS) is 20.6. The Kier molecular flexibility index (Phi) is 9.00. The molecule has 0 saturated carbocycles. The van der Waals surface area contributed by atoms with Gasteiger partial charge in [0.1, 0.15) is 30.8 Å². The number of para-hydroxylation sites is 1. The lowest BCUT2D eigenvalue weighted by molar-refractivity contribution is -0.290. The van der Waals surface area contributed by atoms with E-state index in [1.807, 2.05) is 34.9 Å². The van der Waals surface area contributed by atoms with Crippen molar-refractivity contribution < 1.29 is 28.4 Å². The molecule has 1 aliphatic rings. The molecule has 41 heavy (non-hydrogen) atoms. The van der Waals surface area contributed by atoms with Crippen molar-refractivity contribution in [3.8, 4) is 11.6 Å². The Bertz CT molecular complexity index is 1320. The van der Waals surface area contributed by atoms with Crippen molar-refractivity contribution in [2.75, 3.05) is 12.3 Å². The van der Waals surface area contributed by atoms with E-state index in [2.05, 4.69) is 82.7 Å². The van der Waals surface area contributed by atoms with E-state index >= 15 is 0 Å². The summed E-state index contributed by atoms with van der Waals surface area (Å²) in [6.07, 6.45) is 0.809. The Labute approximate surface area is 244 Å². The van der Waals surface area contributed by atoms with Gasteiger partial charge < -0.3 is 15.2 Å². The van der Waals surface area contributed by atoms with Gasteiger partial charge in [-0.2, -0.15) is 9.97 Å². The fraction of sp³-hybridized carbons (Fsp3) is 0.607. The average Bonchev–Trinajstić information content (AvgIpc) is 3.46. The molecule has 13 heteroatoms. The van der Waals surface area contributed by atoms with Crippen molar-refractivity contribution in [2.45, 2.75) is 103 Å². The molecule has 11 nitrogen and oxygen atoms in total. The molecule has 0 amide bonds. The number of benzene rings is 1. The van der Waals surface area contributed by atoms with Gasteiger partial charge in [0.05, 0.1) is 6.33 Å². The molecule has 3 heterocycles. The maximum Gasteiger partial charge on any atom is 0.252 e. The molecule has 1 aromatic carbocycles. The number of fused-ring (bicyclic) bond motifs is 1. The molecule has 2 N–H and O–H groups in total. The number of imidazole rings is 1. The summed E-state index contributed by atoms with van der Waals surface area (Å²) in [7, 11) is -4.31. The van der Waals surface area contributed by atoms with Crippen LogP contribution in [0.1, 0.15) is 54.2 Å². The third-order valence-electron chi connectivity index (χ3n) is 8.35. The molecule has 0 radical (unpaired) electrons. The molecule has 1 aliphatic heterocycles. The van der Waals surface area contributed by atoms with Crippen LogP contribution in [0, 0.1) is 0 Å². The zero-order chi connectivity index (χ0) is 30.2. The second-order valence-corrected chi connectivity index (χ2v) is 23.0. The SMILES string of the molecule is CC(C)(C)[Si](C)(C)OOC[C@H]1O[C@@H](n2cnc3c(Oc4ccccc4)nc(N)nc32)C[C@@H]1OO[Si](C)(C)C(C)(C)C. The van der Waals surface area contributed by atoms with E-state index in [-0.39, 0.29) is 28.5 Å². The standard InChI is InChI=1S/C28H45N5O6Si2/c1-27(2,3)40(7,8)38-34-17-21-20(37-39-41(9,10)28(4,5)6)16-22(36-21)33-18-30-23-24(33)31-26(29)32-25(23)35-19-14-12-11-13-15-19/h11-15,18,20-22H,16-17H2,1-10H3,(H2,29,31,32)/t20-,21+,22+/m0/s1. The van der Waals surface area contributed by atoms with Crippen molar-refractivity contribution in [1.82, 2.24) is 19.5 Å². The lowest BCUT2D eigenvalue weighted by Gasteiger charge is -2.36. The van der Waals surface area contributed by atoms with Crippen LogP contribution < -0.4 is 10.5 Å². The van der Waals surface area contributed by atoms with Gasteiger partial charge in [-0.05, 0) is 48.4 Å². The molecule has 0 unspecified atom stereocenters. The van der Waals surface area contributed by atoms with Gasteiger partial charge in [-0.25, -0.2) is 14.8 Å². The molecular formula is C28H45N5O6Si2. The van der Waals surface area contributed by atoms with E-state index in [4.69, 9.17) is 34.1 Å². The third-order valence-corrected chi connectivity index (χ3v) is 16.6. The molecule has 1 fully saturated rings. The van der Waals surface area contributed by atoms with Crippen LogP contribution in [-0.2, 0) is 23.7 Å². The number of nitrogen functional groups attached to an aromatic ring is 1. The van der Waals surface area contributed by atoms with Gasteiger partial charge in [-0.15, -0.1) is 0 Å². The fourth-order valence-corrected chi connectivity index (χ4v) is 4.82. The van der Waals surface area contributed by atoms with Crippen LogP contribution in [0.4, 0.5) is 5.95 Å². The quantitative estimate of drug-likeness (QED) is 0.151. The summed E-state index contributed by atoms with van der Waals surface area (Å²) < 4.78 is 26.4. The molecule has 4 rings (SSSR count). The summed E-state index contributed by atoms with van der Waals surface area (Å²) in [5, 5.41) is -0.0181. The van der Waals surface area contributed by atoms with Crippen molar-refractivity contribution in [2.24, 2.45) is 0 Å². The molecule has 0 bridgehead atoms. The number of aromatic nitrogens is 4. The van der Waals surface area contributed by atoms with Gasteiger partial charge in [-0.3, -0.25) is 13.7 Å². The van der Waals surface area contributed by atoms with Gasteiger partial charge in [-0.1, -0.05) is 59.7 Å². The first kappa shape index (κ1) is 31.5. The van der Waals surface area contributed by atoms with Gasteiger partial charge in [0.25, 0.3) is 5.88 Å². The number of rotatable bonds is 10. The van der Waals surface area contributed by atoms with Gasteiger partial charge in [0.15, 0.2) is 11.2 Å². The minimum absolute atomic E-state index is 0.00228. The summed E-state index contributed by atoms with van der Waals surface area (Å²) in [5.41, 5.74) is 7.05. The van der Waals surface area contributed by atoms with Crippen molar-refractivity contribution >= 4 is 33.7 Å². The number of nitrogens with zero attached hydrogens (tertiary/aromatic N) is 4. The summed E-state index contributed by atoms with van der Waals surface area (Å²) in [4.78, 5) is 25.2. The molecule has 3 aromatic rings. The molecule has 2 aromatic heterocycles. The summed E-state index contributed by atoms with van der Waals surface area (Å²) in [6.45, 7) is 21.7. The van der Waals surface area contributed by atoms with E-state index in [0.717, 1.165) is 0 Å². The van der Waals surface area contributed by atoms with Crippen LogP contribution in [0.3, 0.4) is 0 Å². The smallest absolute Gasteiger partial charge is 0.252 e. The molecule has 3 atom stereocenters. The lowest BCUT2D eigenvalue weighted by Crippen LogP contribution is -2.44. The van der Waals surface area contributed by atoms with Crippen LogP contribution in [0.25, 0.3) is 11.2 Å². The molecular weight excluding hydrogens is 559 g/mol. The highest BCUT2D eigenvalue weighted by Crippen LogP contribution is 2.40. The zero-order valence-corrected chi connectivity index (χ0v) is 27.9. The number of anilines is 1. The van der Waals surface area contributed by atoms with Crippen molar-refractivity contribution in [1.29, 1.82) is 0 Å². The molecule has 0 aliphatic carbocycles. The highest BCUT2D eigenvalue weighted by atomic mass is 28.4. The molecule has 1 saturated heterocycles. The predicted octanol–water partition coefficient (Wildman–Crippen LogP) is 6.76. The maximum absolute atomic E-state index is 6.48. The minimum Gasteiger partial charge on any atom is -0.437 e. The monoisotopic (exact) mass is 603 g/mol. The van der Waals surface area contributed by atoms with E-state index in [1.54, 1.807) is 6.33 Å². The average molecular weight is 604 g/mol. The Morgan fingerprint density at radius 3 is 2.22 bits per heavy atom. The van der Waals surface area contributed by atoms with Crippen LogP contribution in [0.5, 0.6) is 11.6 Å². The zero-order valence-electron chi connectivity index (χ0n) is 25.9. The Morgan fingerprint density at radius 2 is 1.59 bits per heavy atom. The second-order valence-electron chi connectivity index (χ2n) is 13.6. The van der Waals surface area contributed by atoms with Gasteiger partial charge >= 0.3 is 0 Å². The lowest BCUT2D eigenvalue weighted by atomic mass is 10.2. The van der Waals surface area contributed by atoms with Crippen LogP contribution >= 0.6 is 0 Å². The largest absolute Gasteiger partial charge is 0.437 e. The summed E-state index contributed by atoms with van der Waals surface area (Å²) in [5.74, 6) is 0.959. The summed E-state index contributed by atoms with van der Waals surface area (Å²) in [6, 6.07) is 9.34. The molecule has 226 valence electrons. The Balaban J connectivity index is 1.57. The molecule has 0 spiro atoms. The second kappa shape index (κ2) is 11.7. The topological polar surface area (TPSA) is 125 Å². The highest BCUT2D eigenvalue weighted by molar-refractivity contribution is 6.74. The Morgan fingerprint density at radius 1 is 0.951 bits per heavy atom. The maximum atomic E-state index is 6.48. The Hall–Kier alpha value is -2.40. The van der Waals surface area contributed by atoms with Crippen molar-refractivity contribution in [3.05, 3.63) is 36.7 Å². The highest BCUT2D eigenvalue weighted by Gasteiger charge is 2.45. The van der Waals surface area contributed by atoms with E-state index < -0.39 is 35.1 Å². The van der Waals surface area contributed by atoms with E-state index in [0.29, 0.717) is 23.3 Å².